The van der Waals surface area contributed by atoms with E-state index in [1.807, 2.05) is 42.5 Å². The van der Waals surface area contributed by atoms with Gasteiger partial charge in [0.05, 0.1) is 17.9 Å². The number of unbranched alkanes of at least 4 members (excludes halogenated alkanes) is 1. The third-order valence-electron chi connectivity index (χ3n) is 8.07. The van der Waals surface area contributed by atoms with Gasteiger partial charge in [-0.1, -0.05) is 65.0 Å². The molecule has 6 atom stereocenters. The summed E-state index contributed by atoms with van der Waals surface area (Å²) in [5, 5.41) is 11.4. The lowest BCUT2D eigenvalue weighted by Gasteiger charge is -2.37. The first-order valence-corrected chi connectivity index (χ1v) is 14.2. The van der Waals surface area contributed by atoms with Crippen molar-refractivity contribution < 1.29 is 29.0 Å². The molecule has 3 aliphatic heterocycles. The summed E-state index contributed by atoms with van der Waals surface area (Å²) in [6.07, 6.45) is 3.96. The molecule has 2 aromatic carbocycles. The van der Waals surface area contributed by atoms with Crippen LogP contribution in [-0.2, 0) is 23.9 Å². The molecule has 39 heavy (non-hydrogen) atoms. The van der Waals surface area contributed by atoms with Gasteiger partial charge >= 0.3 is 5.97 Å². The standard InChI is InChI=1S/C30H33BrN2O6/c1-3-13-32(21-12-11-19-9-5-6-10-20(19)17-21)28(36)26-30-18-22(31)25(39-30)23(29(37)38-16-4-2)24(30)27(35)33(26)14-7-8-15-34/h3-6,9-12,17,22-26,34H,1-2,7-8,13-16,18H2/t22?,23-,24-,25-,26?,30?/m0/s1. The van der Waals surface area contributed by atoms with Gasteiger partial charge in [0, 0.05) is 30.2 Å². The molecule has 0 radical (unpaired) electrons. The van der Waals surface area contributed by atoms with Gasteiger partial charge in [-0.15, -0.1) is 6.58 Å². The summed E-state index contributed by atoms with van der Waals surface area (Å²) in [6, 6.07) is 12.8. The van der Waals surface area contributed by atoms with E-state index in [2.05, 4.69) is 29.1 Å². The van der Waals surface area contributed by atoms with Gasteiger partial charge in [0.1, 0.15) is 18.2 Å². The van der Waals surface area contributed by atoms with Crippen molar-refractivity contribution >= 4 is 50.2 Å². The third kappa shape index (κ3) is 4.60. The van der Waals surface area contributed by atoms with Gasteiger partial charge in [0.15, 0.2) is 0 Å². The number of carbonyl (C=O) groups is 3. The monoisotopic (exact) mass is 596 g/mol. The van der Waals surface area contributed by atoms with Crippen molar-refractivity contribution in [1.29, 1.82) is 0 Å². The van der Waals surface area contributed by atoms with Gasteiger partial charge in [-0.2, -0.15) is 0 Å². The fourth-order valence-corrected chi connectivity index (χ4v) is 7.44. The zero-order valence-corrected chi connectivity index (χ0v) is 23.3. The Labute approximate surface area is 236 Å². The Hall–Kier alpha value is -3.01. The molecule has 206 valence electrons. The summed E-state index contributed by atoms with van der Waals surface area (Å²) in [5.74, 6) is -2.76. The van der Waals surface area contributed by atoms with E-state index in [4.69, 9.17) is 9.47 Å². The summed E-state index contributed by atoms with van der Waals surface area (Å²) < 4.78 is 11.9. The van der Waals surface area contributed by atoms with Crippen LogP contribution >= 0.6 is 15.9 Å². The molecule has 0 saturated carbocycles. The number of carbonyl (C=O) groups excluding carboxylic acids is 3. The number of aliphatic hydroxyl groups excluding tert-OH is 1. The fourth-order valence-electron chi connectivity index (χ4n) is 6.49. The van der Waals surface area contributed by atoms with Gasteiger partial charge < -0.3 is 24.4 Å². The molecule has 1 spiro atoms. The normalized spacial score (nSPS) is 28.9. The second-order valence-corrected chi connectivity index (χ2v) is 11.5. The summed E-state index contributed by atoms with van der Waals surface area (Å²) in [4.78, 5) is 44.7. The molecule has 5 rings (SSSR count). The van der Waals surface area contributed by atoms with Crippen molar-refractivity contribution in [3.05, 3.63) is 67.8 Å². The maximum atomic E-state index is 14.6. The van der Waals surface area contributed by atoms with Gasteiger partial charge in [0.2, 0.25) is 5.91 Å². The number of aliphatic hydroxyl groups is 1. The minimum atomic E-state index is -1.18. The molecule has 3 aliphatic rings. The Morgan fingerprint density at radius 1 is 1.18 bits per heavy atom. The molecule has 1 N–H and O–H groups in total. The third-order valence-corrected chi connectivity index (χ3v) is 8.91. The molecule has 2 amide bonds. The number of benzene rings is 2. The number of hydrogen-bond donors (Lipinski definition) is 1. The number of likely N-dealkylation sites (tertiary alicyclic amines) is 1. The Morgan fingerprint density at radius 3 is 2.67 bits per heavy atom. The SMILES string of the molecule is C=CCOC(=O)[C@H]1[C@H]2C(=O)N(CCCCO)C(C(=O)N(CC=C)c3ccc4ccccc4c3)C23CC(Br)[C@@H]1O3. The molecular weight excluding hydrogens is 564 g/mol. The molecule has 8 nitrogen and oxygen atoms in total. The average molecular weight is 598 g/mol. The van der Waals surface area contributed by atoms with Crippen LogP contribution in [0, 0.1) is 11.8 Å². The zero-order chi connectivity index (χ0) is 27.7. The van der Waals surface area contributed by atoms with E-state index in [0.717, 1.165) is 10.8 Å². The summed E-state index contributed by atoms with van der Waals surface area (Å²) in [5.41, 5.74) is -0.494. The smallest absolute Gasteiger partial charge is 0.312 e. The highest BCUT2D eigenvalue weighted by molar-refractivity contribution is 9.09. The molecule has 0 aliphatic carbocycles. The van der Waals surface area contributed by atoms with Crippen LogP contribution in [0.4, 0.5) is 5.69 Å². The van der Waals surface area contributed by atoms with E-state index in [1.165, 1.54) is 6.08 Å². The van der Waals surface area contributed by atoms with E-state index >= 15 is 0 Å². The van der Waals surface area contributed by atoms with Crippen LogP contribution in [0.2, 0.25) is 0 Å². The van der Waals surface area contributed by atoms with Crippen LogP contribution in [-0.4, -0.2) is 76.7 Å². The summed E-state index contributed by atoms with van der Waals surface area (Å²) in [6.45, 7) is 7.98. The van der Waals surface area contributed by atoms with Crippen LogP contribution in [0.5, 0.6) is 0 Å². The van der Waals surface area contributed by atoms with E-state index in [0.29, 0.717) is 24.9 Å². The van der Waals surface area contributed by atoms with Gasteiger partial charge in [-0.05, 0) is 42.2 Å². The molecule has 3 heterocycles. The Kier molecular flexibility index (Phi) is 7.94. The van der Waals surface area contributed by atoms with E-state index in [-0.39, 0.29) is 42.9 Å². The van der Waals surface area contributed by atoms with Crippen LogP contribution in [0.25, 0.3) is 10.8 Å². The maximum Gasteiger partial charge on any atom is 0.312 e. The number of rotatable bonds is 11. The minimum Gasteiger partial charge on any atom is -0.461 e. The lowest BCUT2D eigenvalue weighted by atomic mass is 9.70. The number of anilines is 1. The number of fused-ring (bicyclic) bond motifs is 2. The predicted octanol–water partition coefficient (Wildman–Crippen LogP) is 3.61. The first kappa shape index (κ1) is 27.6. The Morgan fingerprint density at radius 2 is 1.95 bits per heavy atom. The molecule has 3 fully saturated rings. The summed E-state index contributed by atoms with van der Waals surface area (Å²) >= 11 is 3.67. The van der Waals surface area contributed by atoms with Crippen LogP contribution in [0.3, 0.4) is 0 Å². The van der Waals surface area contributed by atoms with Crippen molar-refractivity contribution in [2.24, 2.45) is 11.8 Å². The predicted molar refractivity (Wildman–Crippen MR) is 151 cm³/mol. The van der Waals surface area contributed by atoms with E-state index in [9.17, 15) is 19.5 Å². The number of alkyl halides is 1. The highest BCUT2D eigenvalue weighted by Crippen LogP contribution is 2.60. The lowest BCUT2D eigenvalue weighted by molar-refractivity contribution is -0.153. The van der Waals surface area contributed by atoms with Crippen molar-refractivity contribution in [2.75, 3.05) is 31.2 Å². The van der Waals surface area contributed by atoms with Gasteiger partial charge in [0.25, 0.3) is 5.91 Å². The lowest BCUT2D eigenvalue weighted by Crippen LogP contribution is -2.57. The zero-order valence-electron chi connectivity index (χ0n) is 21.7. The highest BCUT2D eigenvalue weighted by Gasteiger charge is 2.77. The number of ether oxygens (including phenoxy) is 2. The Balaban J connectivity index is 1.56. The van der Waals surface area contributed by atoms with Crippen LogP contribution in [0.15, 0.2) is 67.8 Å². The molecule has 3 saturated heterocycles. The maximum absolute atomic E-state index is 14.6. The molecule has 2 aromatic rings. The second kappa shape index (κ2) is 11.2. The topological polar surface area (TPSA) is 96.4 Å². The number of hydrogen-bond acceptors (Lipinski definition) is 6. The molecule has 9 heteroatoms. The van der Waals surface area contributed by atoms with Crippen molar-refractivity contribution in [1.82, 2.24) is 4.90 Å². The number of nitrogens with zero attached hydrogens (tertiary/aromatic N) is 2. The van der Waals surface area contributed by atoms with Crippen molar-refractivity contribution in [3.63, 3.8) is 0 Å². The molecule has 3 unspecified atom stereocenters. The van der Waals surface area contributed by atoms with Gasteiger partial charge in [-0.3, -0.25) is 14.4 Å². The number of halogens is 1. The summed E-state index contributed by atoms with van der Waals surface area (Å²) in [7, 11) is 0. The number of amides is 2. The second-order valence-electron chi connectivity index (χ2n) is 10.3. The largest absolute Gasteiger partial charge is 0.461 e. The van der Waals surface area contributed by atoms with Crippen molar-refractivity contribution in [3.8, 4) is 0 Å². The molecular formula is C30H33BrN2O6. The molecule has 0 aromatic heterocycles. The number of esters is 1. The fraction of sp³-hybridized carbons (Fsp3) is 0.433. The van der Waals surface area contributed by atoms with Crippen LogP contribution in [0.1, 0.15) is 19.3 Å². The quantitative estimate of drug-likeness (QED) is 0.184. The molecule has 2 bridgehead atoms. The van der Waals surface area contributed by atoms with E-state index in [1.54, 1.807) is 15.9 Å². The first-order chi connectivity index (χ1) is 18.9. The first-order valence-electron chi connectivity index (χ1n) is 13.3. The average Bonchev–Trinajstić information content (AvgIpc) is 3.53. The minimum absolute atomic E-state index is 0.0204. The highest BCUT2D eigenvalue weighted by atomic mass is 79.9. The van der Waals surface area contributed by atoms with Gasteiger partial charge in [-0.25, -0.2) is 0 Å². The van der Waals surface area contributed by atoms with Crippen LogP contribution < -0.4 is 4.90 Å². The Bertz CT molecular complexity index is 1300. The van der Waals surface area contributed by atoms with Crippen molar-refractivity contribution in [2.45, 2.75) is 41.8 Å². The van der Waals surface area contributed by atoms with E-state index < -0.39 is 35.6 Å².